The first-order valence-electron chi connectivity index (χ1n) is 8.35. The summed E-state index contributed by atoms with van der Waals surface area (Å²) in [6.07, 6.45) is 0.702. The van der Waals surface area contributed by atoms with E-state index >= 15 is 0 Å². The van der Waals surface area contributed by atoms with Gasteiger partial charge in [0, 0.05) is 24.3 Å². The van der Waals surface area contributed by atoms with Gasteiger partial charge in [0.15, 0.2) is 0 Å². The lowest BCUT2D eigenvalue weighted by Gasteiger charge is -2.17. The molecule has 0 radical (unpaired) electrons. The Balaban J connectivity index is 1.66. The molecule has 1 saturated heterocycles. The lowest BCUT2D eigenvalue weighted by atomic mass is 9.97. The summed E-state index contributed by atoms with van der Waals surface area (Å²) in [6, 6.07) is 3.71. The van der Waals surface area contributed by atoms with Gasteiger partial charge in [-0.05, 0) is 19.9 Å². The first-order chi connectivity index (χ1) is 11.4. The molecule has 2 aromatic rings. The Morgan fingerprint density at radius 3 is 2.75 bits per heavy atom. The van der Waals surface area contributed by atoms with E-state index in [0.29, 0.717) is 31.0 Å². The van der Waals surface area contributed by atoms with Gasteiger partial charge in [0.2, 0.25) is 0 Å². The van der Waals surface area contributed by atoms with Crippen LogP contribution in [0.15, 0.2) is 21.1 Å². The van der Waals surface area contributed by atoms with Crippen LogP contribution in [0.1, 0.15) is 53.1 Å². The van der Waals surface area contributed by atoms with Crippen molar-refractivity contribution >= 4 is 5.91 Å². The summed E-state index contributed by atoms with van der Waals surface area (Å²) in [5.41, 5.74) is 1.46. The van der Waals surface area contributed by atoms with E-state index in [9.17, 15) is 4.79 Å². The van der Waals surface area contributed by atoms with Gasteiger partial charge in [-0.15, -0.1) is 0 Å². The Bertz CT molecular complexity index is 716. The summed E-state index contributed by atoms with van der Waals surface area (Å²) in [6.45, 7) is 8.91. The van der Waals surface area contributed by atoms with E-state index < -0.39 is 0 Å². The summed E-state index contributed by atoms with van der Waals surface area (Å²) in [7, 11) is 0. The fourth-order valence-corrected chi connectivity index (χ4v) is 2.99. The smallest absolute Gasteiger partial charge is 0.255 e. The number of hydrogen-bond donors (Lipinski definition) is 1. The first-order valence-corrected chi connectivity index (χ1v) is 8.35. The highest BCUT2D eigenvalue weighted by atomic mass is 16.5. The SMILES string of the molecule is Cc1cc(C[C@@H]2COC[C@@H]2NC(=O)c2cc(C(C)C)oc2C)on1. The van der Waals surface area contributed by atoms with Crippen molar-refractivity contribution in [1.29, 1.82) is 0 Å². The Kier molecular flexibility index (Phi) is 4.76. The van der Waals surface area contributed by atoms with Crippen LogP contribution in [0.2, 0.25) is 0 Å². The van der Waals surface area contributed by atoms with Gasteiger partial charge in [-0.2, -0.15) is 0 Å². The van der Waals surface area contributed by atoms with Crippen LogP contribution in [0.4, 0.5) is 0 Å². The van der Waals surface area contributed by atoms with Gasteiger partial charge in [-0.25, -0.2) is 0 Å². The molecule has 130 valence electrons. The number of amides is 1. The van der Waals surface area contributed by atoms with Crippen molar-refractivity contribution in [2.75, 3.05) is 13.2 Å². The highest BCUT2D eigenvalue weighted by Crippen LogP contribution is 2.24. The third-order valence-electron chi connectivity index (χ3n) is 4.41. The second-order valence-corrected chi connectivity index (χ2v) is 6.79. The fourth-order valence-electron chi connectivity index (χ4n) is 2.99. The Morgan fingerprint density at radius 2 is 2.12 bits per heavy atom. The minimum Gasteiger partial charge on any atom is -0.465 e. The lowest BCUT2D eigenvalue weighted by molar-refractivity contribution is 0.0923. The highest BCUT2D eigenvalue weighted by molar-refractivity contribution is 5.95. The number of nitrogens with one attached hydrogen (secondary N) is 1. The maximum absolute atomic E-state index is 12.6. The van der Waals surface area contributed by atoms with Gasteiger partial charge in [-0.3, -0.25) is 4.79 Å². The topological polar surface area (TPSA) is 77.5 Å². The monoisotopic (exact) mass is 332 g/mol. The standard InChI is InChI=1S/C18H24N2O4/c1-10(2)17-7-15(12(4)23-17)18(21)19-16-9-22-8-13(16)6-14-5-11(3)20-24-14/h5,7,10,13,16H,6,8-9H2,1-4H3,(H,19,21)/t13-,16+/m1/s1. The van der Waals surface area contributed by atoms with Crippen LogP contribution in [0.25, 0.3) is 0 Å². The molecule has 0 bridgehead atoms. The number of aryl methyl sites for hydroxylation is 2. The van der Waals surface area contributed by atoms with Crippen LogP contribution in [-0.2, 0) is 11.2 Å². The zero-order valence-electron chi connectivity index (χ0n) is 14.6. The third kappa shape index (κ3) is 3.53. The zero-order chi connectivity index (χ0) is 17.3. The quantitative estimate of drug-likeness (QED) is 0.911. The van der Waals surface area contributed by atoms with Gasteiger partial charge in [-0.1, -0.05) is 19.0 Å². The predicted octanol–water partition coefficient (Wildman–Crippen LogP) is 3.00. The van der Waals surface area contributed by atoms with Crippen LogP contribution in [0, 0.1) is 19.8 Å². The second-order valence-electron chi connectivity index (χ2n) is 6.79. The molecule has 3 heterocycles. The van der Waals surface area contributed by atoms with Crippen molar-refractivity contribution in [2.24, 2.45) is 5.92 Å². The molecule has 1 aliphatic rings. The van der Waals surface area contributed by atoms with Crippen molar-refractivity contribution in [2.45, 2.75) is 46.1 Å². The van der Waals surface area contributed by atoms with Crippen molar-refractivity contribution in [3.63, 3.8) is 0 Å². The number of ether oxygens (including phenoxy) is 1. The van der Waals surface area contributed by atoms with E-state index in [2.05, 4.69) is 10.5 Å². The Hall–Kier alpha value is -2.08. The van der Waals surface area contributed by atoms with Crippen molar-refractivity contribution in [1.82, 2.24) is 10.5 Å². The predicted molar refractivity (Wildman–Crippen MR) is 88.0 cm³/mol. The first kappa shape index (κ1) is 16.8. The molecule has 0 spiro atoms. The number of nitrogens with zero attached hydrogens (tertiary/aromatic N) is 1. The number of carbonyl (C=O) groups is 1. The van der Waals surface area contributed by atoms with Crippen LogP contribution in [-0.4, -0.2) is 30.3 Å². The van der Waals surface area contributed by atoms with Crippen LogP contribution in [0.3, 0.4) is 0 Å². The molecular weight excluding hydrogens is 308 g/mol. The number of rotatable bonds is 5. The van der Waals surface area contributed by atoms with Gasteiger partial charge < -0.3 is 19.0 Å². The van der Waals surface area contributed by atoms with Crippen LogP contribution >= 0.6 is 0 Å². The second kappa shape index (κ2) is 6.81. The van der Waals surface area contributed by atoms with Gasteiger partial charge in [0.1, 0.15) is 17.3 Å². The molecule has 2 aromatic heterocycles. The Morgan fingerprint density at radius 1 is 1.33 bits per heavy atom. The molecule has 24 heavy (non-hydrogen) atoms. The fraction of sp³-hybridized carbons (Fsp3) is 0.556. The average molecular weight is 332 g/mol. The molecule has 1 amide bonds. The summed E-state index contributed by atoms with van der Waals surface area (Å²) < 4.78 is 16.5. The maximum atomic E-state index is 12.6. The van der Waals surface area contributed by atoms with Crippen molar-refractivity contribution in [3.05, 3.63) is 40.7 Å². The number of aromatic nitrogens is 1. The van der Waals surface area contributed by atoms with E-state index in [0.717, 1.165) is 17.2 Å². The summed E-state index contributed by atoms with van der Waals surface area (Å²) in [4.78, 5) is 12.6. The normalized spacial score (nSPS) is 20.7. The van der Waals surface area contributed by atoms with Crippen molar-refractivity contribution < 1.29 is 18.5 Å². The van der Waals surface area contributed by atoms with E-state index in [4.69, 9.17) is 13.7 Å². The number of furan rings is 1. The highest BCUT2D eigenvalue weighted by Gasteiger charge is 2.31. The zero-order valence-corrected chi connectivity index (χ0v) is 14.6. The van der Waals surface area contributed by atoms with E-state index in [1.165, 1.54) is 0 Å². The summed E-state index contributed by atoms with van der Waals surface area (Å²) in [5, 5.41) is 6.99. The minimum atomic E-state index is -0.114. The molecule has 0 saturated carbocycles. The molecular formula is C18H24N2O4. The van der Waals surface area contributed by atoms with Crippen molar-refractivity contribution in [3.8, 4) is 0 Å². The lowest BCUT2D eigenvalue weighted by Crippen LogP contribution is -2.40. The van der Waals surface area contributed by atoms with Gasteiger partial charge >= 0.3 is 0 Å². The molecule has 1 N–H and O–H groups in total. The molecule has 1 fully saturated rings. The molecule has 2 atom stereocenters. The van der Waals surface area contributed by atoms with Gasteiger partial charge in [0.05, 0.1) is 30.5 Å². The number of hydrogen-bond acceptors (Lipinski definition) is 5. The molecule has 3 rings (SSSR count). The molecule has 6 nitrogen and oxygen atoms in total. The van der Waals surface area contributed by atoms with E-state index in [-0.39, 0.29) is 23.8 Å². The minimum absolute atomic E-state index is 0.0419. The van der Waals surface area contributed by atoms with E-state index in [1.807, 2.05) is 39.8 Å². The molecule has 0 aliphatic carbocycles. The summed E-state index contributed by atoms with van der Waals surface area (Å²) >= 11 is 0. The molecule has 0 unspecified atom stereocenters. The van der Waals surface area contributed by atoms with Crippen LogP contribution < -0.4 is 5.32 Å². The maximum Gasteiger partial charge on any atom is 0.255 e. The molecule has 0 aromatic carbocycles. The average Bonchev–Trinajstić information content (AvgIpc) is 3.21. The number of carbonyl (C=O) groups excluding carboxylic acids is 1. The molecule has 6 heteroatoms. The summed E-state index contributed by atoms with van der Waals surface area (Å²) in [5.74, 6) is 2.62. The van der Waals surface area contributed by atoms with Crippen LogP contribution in [0.5, 0.6) is 0 Å². The van der Waals surface area contributed by atoms with Gasteiger partial charge in [0.25, 0.3) is 5.91 Å². The van der Waals surface area contributed by atoms with E-state index in [1.54, 1.807) is 0 Å². The Labute approximate surface area is 141 Å². The third-order valence-corrected chi connectivity index (χ3v) is 4.41. The largest absolute Gasteiger partial charge is 0.465 e. The molecule has 1 aliphatic heterocycles.